The Morgan fingerprint density at radius 1 is 0.675 bits per heavy atom. The molecule has 0 atom stereocenters. The summed E-state index contributed by atoms with van der Waals surface area (Å²) in [6.45, 7) is 13.5. The fourth-order valence-corrected chi connectivity index (χ4v) is 3.38. The minimum Gasteiger partial charge on any atom is -0.462 e. The lowest BCUT2D eigenvalue weighted by atomic mass is 10.1. The fraction of sp³-hybridized carbons (Fsp3) is 0.515. The molecule has 1 heterocycles. The number of hydrogen-bond donors (Lipinski definition) is 0. The lowest BCUT2D eigenvalue weighted by Crippen LogP contribution is -2.05. The Hall–Kier alpha value is -3.48. The van der Waals surface area contributed by atoms with E-state index in [1.165, 1.54) is 70.6 Å². The lowest BCUT2D eigenvalue weighted by molar-refractivity contribution is -0.150. The summed E-state index contributed by atoms with van der Waals surface area (Å²) in [6.07, 6.45) is 18.0. The minimum absolute atomic E-state index is 0.256. The molecule has 0 spiro atoms. The van der Waals surface area contributed by atoms with Crippen LogP contribution in [0.2, 0.25) is 0 Å². The number of carbonyl (C=O) groups is 4. The van der Waals surface area contributed by atoms with Gasteiger partial charge in [0.05, 0.1) is 6.61 Å². The molecule has 0 unspecified atom stereocenters. The van der Waals surface area contributed by atoms with Crippen molar-refractivity contribution >= 4 is 23.9 Å². The second kappa shape index (κ2) is 24.6. The summed E-state index contributed by atoms with van der Waals surface area (Å²) in [5, 5.41) is 0. The maximum absolute atomic E-state index is 11.1. The summed E-state index contributed by atoms with van der Waals surface area (Å²) >= 11 is 0. The number of unbranched alkanes of at least 4 members (excludes halogenated alkanes) is 11. The second-order valence-corrected chi connectivity index (χ2v) is 9.72. The van der Waals surface area contributed by atoms with Gasteiger partial charge < -0.3 is 14.2 Å². The lowest BCUT2D eigenvalue weighted by Gasteiger charge is -2.04. The van der Waals surface area contributed by atoms with Crippen LogP contribution < -0.4 is 0 Å². The molecule has 7 nitrogen and oxygen atoms in total. The third-order valence-electron chi connectivity index (χ3n) is 5.70. The Morgan fingerprint density at radius 3 is 1.50 bits per heavy atom. The van der Waals surface area contributed by atoms with Crippen LogP contribution >= 0.6 is 0 Å². The van der Waals surface area contributed by atoms with E-state index in [2.05, 4.69) is 24.8 Å². The van der Waals surface area contributed by atoms with E-state index in [1.807, 2.05) is 30.3 Å². The molecule has 0 bridgehead atoms. The molecule has 0 N–H and O–H groups in total. The SMILES string of the molecule is C=C(C)C(=O)OCCCCCCCCCCCCCC.C=C(C)C(=O)OCc1ccccc1.O=C1C=CC(=O)O1. The zero-order valence-corrected chi connectivity index (χ0v) is 24.7. The first kappa shape index (κ1) is 36.5. The predicted molar refractivity (Wildman–Crippen MR) is 158 cm³/mol. The van der Waals surface area contributed by atoms with Crippen molar-refractivity contribution in [2.24, 2.45) is 0 Å². The Labute approximate surface area is 240 Å². The molecule has 7 heteroatoms. The molecule has 0 aliphatic carbocycles. The van der Waals surface area contributed by atoms with Gasteiger partial charge in [-0.15, -0.1) is 0 Å². The average Bonchev–Trinajstić information content (AvgIpc) is 3.33. The molecule has 0 saturated carbocycles. The number of esters is 4. The van der Waals surface area contributed by atoms with Crippen molar-refractivity contribution in [1.82, 2.24) is 0 Å². The number of cyclic esters (lactones) is 2. The zero-order valence-electron chi connectivity index (χ0n) is 24.7. The molecule has 0 aromatic heterocycles. The monoisotopic (exact) mass is 556 g/mol. The van der Waals surface area contributed by atoms with E-state index < -0.39 is 11.9 Å². The maximum atomic E-state index is 11.1. The first-order valence-corrected chi connectivity index (χ1v) is 14.3. The van der Waals surface area contributed by atoms with E-state index >= 15 is 0 Å². The van der Waals surface area contributed by atoms with Gasteiger partial charge in [-0.1, -0.05) is 121 Å². The smallest absolute Gasteiger partial charge is 0.338 e. The third kappa shape index (κ3) is 22.5. The van der Waals surface area contributed by atoms with Crippen LogP contribution in [0.25, 0.3) is 0 Å². The number of ether oxygens (including phenoxy) is 3. The summed E-state index contributed by atoms with van der Waals surface area (Å²) in [5.74, 6) is -1.76. The minimum atomic E-state index is -0.579. The van der Waals surface area contributed by atoms with Crippen LogP contribution in [-0.4, -0.2) is 30.5 Å². The molecule has 0 radical (unpaired) electrons. The largest absolute Gasteiger partial charge is 0.462 e. The van der Waals surface area contributed by atoms with E-state index in [0.29, 0.717) is 24.4 Å². The Balaban J connectivity index is 0.000000641. The summed E-state index contributed by atoms with van der Waals surface area (Å²) in [6, 6.07) is 9.55. The van der Waals surface area contributed by atoms with Crippen molar-refractivity contribution in [3.63, 3.8) is 0 Å². The molecular weight excluding hydrogens is 508 g/mol. The van der Waals surface area contributed by atoms with Crippen LogP contribution in [0.5, 0.6) is 0 Å². The van der Waals surface area contributed by atoms with E-state index in [0.717, 1.165) is 24.1 Å². The van der Waals surface area contributed by atoms with Crippen molar-refractivity contribution in [3.8, 4) is 0 Å². The van der Waals surface area contributed by atoms with Gasteiger partial charge in [0.15, 0.2) is 0 Å². The Bertz CT molecular complexity index is 915. The first-order valence-electron chi connectivity index (χ1n) is 14.3. The van der Waals surface area contributed by atoms with Crippen molar-refractivity contribution in [2.75, 3.05) is 6.61 Å². The average molecular weight is 557 g/mol. The van der Waals surface area contributed by atoms with Gasteiger partial charge in [0.25, 0.3) is 0 Å². The molecule has 1 aliphatic rings. The van der Waals surface area contributed by atoms with Crippen molar-refractivity contribution < 1.29 is 33.4 Å². The van der Waals surface area contributed by atoms with E-state index in [1.54, 1.807) is 13.8 Å². The quantitative estimate of drug-likeness (QED) is 0.0636. The second-order valence-electron chi connectivity index (χ2n) is 9.72. The molecule has 2 rings (SSSR count). The number of rotatable bonds is 17. The molecule has 1 aliphatic heterocycles. The van der Waals surface area contributed by atoms with Crippen molar-refractivity contribution in [3.05, 3.63) is 72.4 Å². The van der Waals surface area contributed by atoms with Crippen LogP contribution in [0.4, 0.5) is 0 Å². The van der Waals surface area contributed by atoms with Gasteiger partial charge >= 0.3 is 23.9 Å². The first-order chi connectivity index (χ1) is 19.2. The Kier molecular flexibility index (Phi) is 22.4. The molecule has 1 aromatic rings. The Morgan fingerprint density at radius 2 is 1.10 bits per heavy atom. The maximum Gasteiger partial charge on any atom is 0.338 e. The van der Waals surface area contributed by atoms with Gasteiger partial charge in [0.2, 0.25) is 0 Å². The highest BCUT2D eigenvalue weighted by molar-refractivity contribution is 6.04. The molecule has 0 saturated heterocycles. The van der Waals surface area contributed by atoms with Crippen LogP contribution in [0.15, 0.2) is 66.8 Å². The number of carbonyl (C=O) groups excluding carboxylic acids is 4. The highest BCUT2D eigenvalue weighted by atomic mass is 16.6. The topological polar surface area (TPSA) is 96.0 Å². The van der Waals surface area contributed by atoms with Gasteiger partial charge in [0, 0.05) is 23.3 Å². The van der Waals surface area contributed by atoms with Gasteiger partial charge in [0.1, 0.15) is 6.61 Å². The summed E-state index contributed by atoms with van der Waals surface area (Å²) < 4.78 is 14.0. The third-order valence-corrected chi connectivity index (χ3v) is 5.70. The highest BCUT2D eigenvalue weighted by Crippen LogP contribution is 2.12. The predicted octanol–water partition coefficient (Wildman–Crippen LogP) is 7.74. The molecule has 1 aromatic carbocycles. The molecule has 40 heavy (non-hydrogen) atoms. The van der Waals surface area contributed by atoms with Gasteiger partial charge in [-0.25, -0.2) is 19.2 Å². The highest BCUT2D eigenvalue weighted by Gasteiger charge is 2.10. The van der Waals surface area contributed by atoms with E-state index in [4.69, 9.17) is 9.47 Å². The zero-order chi connectivity index (χ0) is 30.0. The number of hydrogen-bond acceptors (Lipinski definition) is 7. The van der Waals surface area contributed by atoms with Gasteiger partial charge in [-0.3, -0.25) is 0 Å². The van der Waals surface area contributed by atoms with Crippen LogP contribution in [0.1, 0.15) is 103 Å². The van der Waals surface area contributed by atoms with Crippen LogP contribution in [0, 0.1) is 0 Å². The number of benzene rings is 1. The standard InChI is InChI=1S/C18H34O2.C11H12O2.C4H2O3/c1-4-5-6-7-8-9-10-11-12-13-14-15-16-20-18(19)17(2)3;1-9(2)11(12)13-8-10-6-4-3-5-7-10;5-3-1-2-4(6)7-3/h2,4-16H2,1,3H3;3-7H,1,8H2,2H3;1-2H. The summed E-state index contributed by atoms with van der Waals surface area (Å²) in [7, 11) is 0. The van der Waals surface area contributed by atoms with E-state index in [-0.39, 0.29) is 11.9 Å². The summed E-state index contributed by atoms with van der Waals surface area (Å²) in [4.78, 5) is 42.0. The van der Waals surface area contributed by atoms with Crippen LogP contribution in [0.3, 0.4) is 0 Å². The van der Waals surface area contributed by atoms with Gasteiger partial charge in [-0.2, -0.15) is 0 Å². The molecular formula is C33H48O7. The molecule has 222 valence electrons. The fourth-order valence-electron chi connectivity index (χ4n) is 3.38. The van der Waals surface area contributed by atoms with Gasteiger partial charge in [-0.05, 0) is 25.8 Å². The summed E-state index contributed by atoms with van der Waals surface area (Å²) in [5.41, 5.74) is 1.90. The van der Waals surface area contributed by atoms with Crippen LogP contribution in [-0.2, 0) is 40.0 Å². The van der Waals surface area contributed by atoms with Crippen molar-refractivity contribution in [1.29, 1.82) is 0 Å². The van der Waals surface area contributed by atoms with E-state index in [9.17, 15) is 19.2 Å². The normalized spacial score (nSPS) is 11.4. The molecule has 0 amide bonds. The van der Waals surface area contributed by atoms with Crippen molar-refractivity contribution in [2.45, 2.75) is 104 Å². The molecule has 0 fully saturated rings.